The van der Waals surface area contributed by atoms with Gasteiger partial charge in [0, 0.05) is 43.1 Å². The Kier molecular flexibility index (Phi) is 5.50. The Morgan fingerprint density at radius 1 is 1.19 bits per heavy atom. The van der Waals surface area contributed by atoms with Crippen molar-refractivity contribution < 1.29 is 14.0 Å². The van der Waals surface area contributed by atoms with E-state index in [1.165, 1.54) is 17.7 Å². The third kappa shape index (κ3) is 4.29. The highest BCUT2D eigenvalue weighted by Gasteiger charge is 2.31. The molecule has 1 aromatic carbocycles. The highest BCUT2D eigenvalue weighted by atomic mass is 19.1. The number of fused-ring (bicyclic) bond motifs is 1. The molecule has 32 heavy (non-hydrogen) atoms. The number of rotatable bonds is 6. The first-order valence-electron chi connectivity index (χ1n) is 11.4. The van der Waals surface area contributed by atoms with Crippen LogP contribution in [0.1, 0.15) is 47.8 Å². The Bertz CT molecular complexity index is 1150. The number of hydrogen-bond donors (Lipinski definition) is 0. The van der Waals surface area contributed by atoms with Crippen molar-refractivity contribution in [3.8, 4) is 0 Å². The zero-order chi connectivity index (χ0) is 22.2. The highest BCUT2D eigenvalue weighted by molar-refractivity contribution is 5.86. The van der Waals surface area contributed by atoms with Gasteiger partial charge >= 0.3 is 0 Å². The molecule has 0 bridgehead atoms. The average molecular weight is 431 g/mol. The molecule has 0 radical (unpaired) electrons. The number of carbonyl (C=O) groups excluding carboxylic acids is 2. The van der Waals surface area contributed by atoms with E-state index in [0.29, 0.717) is 30.9 Å². The van der Waals surface area contributed by atoms with Crippen LogP contribution >= 0.6 is 0 Å². The van der Waals surface area contributed by atoms with Gasteiger partial charge in [-0.2, -0.15) is 0 Å². The molecule has 4 nitrogen and oxygen atoms in total. The van der Waals surface area contributed by atoms with Crippen molar-refractivity contribution in [3.63, 3.8) is 0 Å². The first-order chi connectivity index (χ1) is 15.5. The Morgan fingerprint density at radius 3 is 2.78 bits per heavy atom. The van der Waals surface area contributed by atoms with E-state index in [-0.39, 0.29) is 30.0 Å². The molecule has 2 aliphatic carbocycles. The molecule has 1 saturated carbocycles. The van der Waals surface area contributed by atoms with Crippen LogP contribution in [0.5, 0.6) is 0 Å². The van der Waals surface area contributed by atoms with Gasteiger partial charge < -0.3 is 4.90 Å². The molecule has 3 aliphatic rings. The van der Waals surface area contributed by atoms with Crippen LogP contribution in [0.25, 0.3) is 11.6 Å². The monoisotopic (exact) mass is 430 g/mol. The maximum atomic E-state index is 13.5. The molecule has 1 aromatic heterocycles. The summed E-state index contributed by atoms with van der Waals surface area (Å²) >= 11 is 0. The van der Waals surface area contributed by atoms with Gasteiger partial charge in [0.1, 0.15) is 11.6 Å². The number of Topliss-reactive ketones (excluding diaryl/α,β-unsaturated/α-hetero) is 1. The summed E-state index contributed by atoms with van der Waals surface area (Å²) in [6.45, 7) is 3.29. The molecule has 0 spiro atoms. The number of pyridine rings is 1. The molecule has 1 aliphatic heterocycles. The van der Waals surface area contributed by atoms with E-state index in [1.807, 2.05) is 4.90 Å². The molecular formula is C27H27FN2O2. The van der Waals surface area contributed by atoms with Gasteiger partial charge in [-0.15, -0.1) is 0 Å². The van der Waals surface area contributed by atoms with Crippen LogP contribution in [0.2, 0.25) is 0 Å². The van der Waals surface area contributed by atoms with Crippen molar-refractivity contribution in [1.29, 1.82) is 0 Å². The lowest BCUT2D eigenvalue weighted by molar-refractivity contribution is -0.130. The molecular weight excluding hydrogens is 403 g/mol. The largest absolute Gasteiger partial charge is 0.338 e. The van der Waals surface area contributed by atoms with Gasteiger partial charge in [0.05, 0.1) is 12.1 Å². The zero-order valence-corrected chi connectivity index (χ0v) is 18.3. The van der Waals surface area contributed by atoms with E-state index in [4.69, 9.17) is 4.98 Å². The topological polar surface area (TPSA) is 50.3 Å². The summed E-state index contributed by atoms with van der Waals surface area (Å²) in [4.78, 5) is 31.8. The number of halogens is 1. The van der Waals surface area contributed by atoms with E-state index >= 15 is 0 Å². The summed E-state index contributed by atoms with van der Waals surface area (Å²) in [6, 6.07) is 8.32. The highest BCUT2D eigenvalue weighted by Crippen LogP contribution is 2.36. The van der Waals surface area contributed by atoms with Gasteiger partial charge in [0.2, 0.25) is 5.91 Å². The molecule has 0 saturated heterocycles. The van der Waals surface area contributed by atoms with Gasteiger partial charge in [-0.05, 0) is 53.7 Å². The third-order valence-corrected chi connectivity index (χ3v) is 6.64. The smallest absolute Gasteiger partial charge is 0.227 e. The van der Waals surface area contributed by atoms with E-state index in [1.54, 1.807) is 12.1 Å². The number of nitrogens with zero attached hydrogens (tertiary/aromatic N) is 2. The van der Waals surface area contributed by atoms with Crippen LogP contribution < -0.4 is 0 Å². The van der Waals surface area contributed by atoms with Crippen molar-refractivity contribution in [2.45, 2.75) is 39.0 Å². The Hall–Kier alpha value is -3.08. The second kappa shape index (κ2) is 8.45. The van der Waals surface area contributed by atoms with Gasteiger partial charge in [-0.3, -0.25) is 14.6 Å². The second-order valence-electron chi connectivity index (χ2n) is 9.21. The number of aromatic nitrogens is 1. The normalized spacial score (nSPS) is 19.6. The quantitative estimate of drug-likeness (QED) is 0.682. The SMILES string of the molecule is CC1CN(C(=O)Cc2cccc(F)c2)CC=C1c1cc(CC(=O)C2CC2)nc2c1C=CC2. The van der Waals surface area contributed by atoms with Crippen molar-refractivity contribution in [3.05, 3.63) is 76.4 Å². The minimum absolute atomic E-state index is 0.00771. The zero-order valence-electron chi connectivity index (χ0n) is 18.3. The molecule has 0 N–H and O–H groups in total. The first kappa shape index (κ1) is 20.8. The van der Waals surface area contributed by atoms with E-state index < -0.39 is 0 Å². The number of hydrogen-bond acceptors (Lipinski definition) is 3. The molecule has 1 atom stereocenters. The summed E-state index contributed by atoms with van der Waals surface area (Å²) in [7, 11) is 0. The van der Waals surface area contributed by atoms with Crippen LogP contribution in [0.3, 0.4) is 0 Å². The lowest BCUT2D eigenvalue weighted by Gasteiger charge is -2.32. The first-order valence-corrected chi connectivity index (χ1v) is 11.4. The predicted octanol–water partition coefficient (Wildman–Crippen LogP) is 4.42. The minimum atomic E-state index is -0.319. The maximum absolute atomic E-state index is 13.5. The number of allylic oxidation sites excluding steroid dienone is 1. The predicted molar refractivity (Wildman–Crippen MR) is 122 cm³/mol. The fraction of sp³-hybridized carbons (Fsp3) is 0.370. The average Bonchev–Trinajstić information content (AvgIpc) is 3.51. The fourth-order valence-corrected chi connectivity index (χ4v) is 4.78. The maximum Gasteiger partial charge on any atom is 0.227 e. The van der Waals surface area contributed by atoms with Gasteiger partial charge in [0.25, 0.3) is 0 Å². The number of carbonyl (C=O) groups is 2. The number of ketones is 1. The van der Waals surface area contributed by atoms with Crippen molar-refractivity contribution in [2.24, 2.45) is 11.8 Å². The Labute approximate surface area is 187 Å². The lowest BCUT2D eigenvalue weighted by Crippen LogP contribution is -2.39. The van der Waals surface area contributed by atoms with Gasteiger partial charge in [-0.1, -0.05) is 37.3 Å². The summed E-state index contributed by atoms with van der Waals surface area (Å²) in [6.07, 6.45) is 9.81. The lowest BCUT2D eigenvalue weighted by atomic mass is 9.87. The van der Waals surface area contributed by atoms with Crippen LogP contribution in [-0.4, -0.2) is 34.7 Å². The summed E-state index contributed by atoms with van der Waals surface area (Å²) in [5.74, 6) is 0.382. The molecule has 164 valence electrons. The molecule has 5 rings (SSSR count). The Morgan fingerprint density at radius 2 is 2.03 bits per heavy atom. The van der Waals surface area contributed by atoms with Crippen LogP contribution in [0.4, 0.5) is 4.39 Å². The molecule has 1 amide bonds. The van der Waals surface area contributed by atoms with Crippen LogP contribution in [0, 0.1) is 17.7 Å². The molecule has 2 aromatic rings. The standard InChI is InChI=1S/C27H27FN2O2/c1-17-16-30(27(32)13-18-4-2-5-20(28)12-18)11-10-22(17)24-14-21(15-26(31)19-8-9-19)29-25-7-3-6-23(24)25/h2-6,10,12,14,17,19H,7-9,11,13,15-16H2,1H3. The summed E-state index contributed by atoms with van der Waals surface area (Å²) in [5.41, 5.74) is 6.10. The van der Waals surface area contributed by atoms with Crippen LogP contribution in [0.15, 0.2) is 42.5 Å². The van der Waals surface area contributed by atoms with Gasteiger partial charge in [0.15, 0.2) is 0 Å². The molecule has 5 heteroatoms. The van der Waals surface area contributed by atoms with Crippen molar-refractivity contribution >= 4 is 23.3 Å². The number of benzene rings is 1. The summed E-state index contributed by atoms with van der Waals surface area (Å²) < 4.78 is 13.5. The van der Waals surface area contributed by atoms with E-state index in [2.05, 4.69) is 31.2 Å². The fourth-order valence-electron chi connectivity index (χ4n) is 4.78. The van der Waals surface area contributed by atoms with E-state index in [0.717, 1.165) is 41.8 Å². The van der Waals surface area contributed by atoms with Gasteiger partial charge in [-0.25, -0.2) is 4.39 Å². The van der Waals surface area contributed by atoms with Crippen molar-refractivity contribution in [1.82, 2.24) is 9.88 Å². The second-order valence-corrected chi connectivity index (χ2v) is 9.21. The van der Waals surface area contributed by atoms with Crippen molar-refractivity contribution in [2.75, 3.05) is 13.1 Å². The third-order valence-electron chi connectivity index (χ3n) is 6.64. The number of amides is 1. The molecule has 1 fully saturated rings. The Balaban J connectivity index is 1.36. The van der Waals surface area contributed by atoms with E-state index in [9.17, 15) is 14.0 Å². The summed E-state index contributed by atoms with van der Waals surface area (Å²) in [5, 5.41) is 0. The molecule has 2 heterocycles. The molecule has 1 unspecified atom stereocenters. The minimum Gasteiger partial charge on any atom is -0.338 e. The van der Waals surface area contributed by atoms with Crippen LogP contribution in [-0.2, 0) is 28.9 Å².